The Morgan fingerprint density at radius 1 is 0.905 bits per heavy atom. The van der Waals surface area contributed by atoms with E-state index in [2.05, 4.69) is 13.8 Å². The Kier molecular flexibility index (Phi) is 4.07. The molecule has 4 rings (SSSR count). The van der Waals surface area contributed by atoms with Gasteiger partial charge in [-0.1, -0.05) is 13.8 Å². The number of fused-ring (bicyclic) bond motifs is 2. The first-order chi connectivity index (χ1) is 10.2. The van der Waals surface area contributed by atoms with E-state index in [0.717, 1.165) is 11.1 Å². The van der Waals surface area contributed by atoms with E-state index in [0.29, 0.717) is 24.4 Å². The minimum Gasteiger partial charge on any atom is -0.460 e. The van der Waals surface area contributed by atoms with E-state index in [1.54, 1.807) is 0 Å². The summed E-state index contributed by atoms with van der Waals surface area (Å²) in [4.78, 5) is 0. The van der Waals surface area contributed by atoms with Crippen LogP contribution in [-0.2, 0) is 13.6 Å². The molecule has 6 unspecified atom stereocenters. The molecule has 120 valence electrons. The molecule has 21 heavy (non-hydrogen) atoms. The molecule has 2 aliphatic heterocycles. The Hall–Kier alpha value is 0.314. The lowest BCUT2D eigenvalue weighted by atomic mass is 10.0. The van der Waals surface area contributed by atoms with Gasteiger partial charge in [0.1, 0.15) is 9.76 Å². The van der Waals surface area contributed by atoms with Crippen LogP contribution in [0.15, 0.2) is 0 Å². The Morgan fingerprint density at radius 2 is 1.57 bits per heavy atom. The van der Waals surface area contributed by atoms with Gasteiger partial charge in [0.2, 0.25) is 0 Å². The van der Waals surface area contributed by atoms with Crippen molar-refractivity contribution in [3.63, 3.8) is 0 Å². The van der Waals surface area contributed by atoms with Gasteiger partial charge >= 0.3 is 0 Å². The average molecular weight is 327 g/mol. The summed E-state index contributed by atoms with van der Waals surface area (Å²) < 4.78 is 18.4. The summed E-state index contributed by atoms with van der Waals surface area (Å²) in [7, 11) is -1.88. The Balaban J connectivity index is 1.35. The van der Waals surface area contributed by atoms with E-state index in [1.807, 2.05) is 0 Å². The maximum absolute atomic E-state index is 6.91. The fourth-order valence-electron chi connectivity index (χ4n) is 4.95. The average Bonchev–Trinajstić information content (AvgIpc) is 3.41. The van der Waals surface area contributed by atoms with Crippen molar-refractivity contribution in [2.75, 3.05) is 0 Å². The molecule has 0 bridgehead atoms. The van der Waals surface area contributed by atoms with Crippen molar-refractivity contribution in [1.82, 2.24) is 0 Å². The zero-order valence-corrected chi connectivity index (χ0v) is 16.0. The first-order valence-corrected chi connectivity index (χ1v) is 13.0. The molecule has 0 aromatic carbocycles. The van der Waals surface area contributed by atoms with Crippen LogP contribution < -0.4 is 0 Å². The van der Waals surface area contributed by atoms with E-state index >= 15 is 0 Å². The lowest BCUT2D eigenvalue weighted by molar-refractivity contribution is 0.371. The molecule has 0 radical (unpaired) electrons. The fourth-order valence-corrected chi connectivity index (χ4v) is 13.7. The molecule has 3 nitrogen and oxygen atoms in total. The molecule has 4 fully saturated rings. The number of hydrogen-bond donors (Lipinski definition) is 0. The van der Waals surface area contributed by atoms with Crippen molar-refractivity contribution in [3.8, 4) is 0 Å². The van der Waals surface area contributed by atoms with Crippen LogP contribution in [0.5, 0.6) is 0 Å². The normalized spacial score (nSPS) is 45.4. The minimum absolute atomic E-state index is 0.373. The van der Waals surface area contributed by atoms with Crippen molar-refractivity contribution in [3.05, 3.63) is 0 Å². The van der Waals surface area contributed by atoms with Crippen LogP contribution >= 0.6 is 0 Å². The third-order valence-electron chi connectivity index (χ3n) is 6.66. The van der Waals surface area contributed by atoms with Crippen molar-refractivity contribution in [2.24, 2.45) is 0 Å². The maximum atomic E-state index is 6.91. The van der Waals surface area contributed by atoms with Crippen LogP contribution in [0.1, 0.15) is 52.4 Å². The molecule has 0 aromatic heterocycles. The smallest absolute Gasteiger partial charge is 0.181 e. The topological polar surface area (TPSA) is 34.3 Å². The van der Waals surface area contributed by atoms with Gasteiger partial charge in [-0.2, -0.15) is 0 Å². The van der Waals surface area contributed by atoms with E-state index in [-0.39, 0.29) is 9.76 Å². The predicted molar refractivity (Wildman–Crippen MR) is 88.9 cm³/mol. The van der Waals surface area contributed by atoms with Crippen molar-refractivity contribution in [1.29, 1.82) is 0 Å². The van der Waals surface area contributed by atoms with E-state index in [4.69, 9.17) is 13.6 Å². The van der Waals surface area contributed by atoms with Crippen LogP contribution in [0.25, 0.3) is 0 Å². The second-order valence-electron chi connectivity index (χ2n) is 7.70. The molecule has 5 heteroatoms. The monoisotopic (exact) mass is 326 g/mol. The SMILES string of the molecule is CC[Si](CC)(O[SiH2]C1CCC2OC2C1)C1CCC2OC2C1. The van der Waals surface area contributed by atoms with Gasteiger partial charge in [0.25, 0.3) is 0 Å². The van der Waals surface area contributed by atoms with Gasteiger partial charge in [-0.05, 0) is 61.7 Å². The van der Waals surface area contributed by atoms with Crippen LogP contribution in [-0.4, -0.2) is 42.5 Å². The molecule has 0 amide bonds. The molecule has 2 aliphatic carbocycles. The van der Waals surface area contributed by atoms with Crippen LogP contribution in [0.3, 0.4) is 0 Å². The van der Waals surface area contributed by atoms with Gasteiger partial charge in [-0.25, -0.2) is 0 Å². The highest BCUT2D eigenvalue weighted by molar-refractivity contribution is 6.78. The van der Waals surface area contributed by atoms with E-state index < -0.39 is 8.32 Å². The second-order valence-corrected chi connectivity index (χ2v) is 14.7. The Labute approximate surface area is 132 Å². The summed E-state index contributed by atoms with van der Waals surface area (Å²) >= 11 is 0. The Bertz CT molecular complexity index is 388. The van der Waals surface area contributed by atoms with Gasteiger partial charge in [0.15, 0.2) is 8.32 Å². The summed E-state index contributed by atoms with van der Waals surface area (Å²) in [5.74, 6) is 0. The molecule has 6 atom stereocenters. The lowest BCUT2D eigenvalue weighted by Gasteiger charge is -2.40. The summed E-state index contributed by atoms with van der Waals surface area (Å²) in [6.45, 7) is 4.79. The predicted octanol–water partition coefficient (Wildman–Crippen LogP) is 3.13. The van der Waals surface area contributed by atoms with Gasteiger partial charge in [-0.3, -0.25) is 0 Å². The van der Waals surface area contributed by atoms with Crippen molar-refractivity contribution >= 4 is 18.1 Å². The zero-order chi connectivity index (χ0) is 14.4. The third kappa shape index (κ3) is 2.92. The van der Waals surface area contributed by atoms with E-state index in [9.17, 15) is 0 Å². The molecule has 2 heterocycles. The summed E-state index contributed by atoms with van der Waals surface area (Å²) in [5, 5.41) is 0. The molecule has 0 aromatic rings. The van der Waals surface area contributed by atoms with Gasteiger partial charge in [-0.15, -0.1) is 0 Å². The highest BCUT2D eigenvalue weighted by atomic mass is 28.4. The minimum atomic E-state index is -1.51. The molecular weight excluding hydrogens is 296 g/mol. The summed E-state index contributed by atoms with van der Waals surface area (Å²) in [5.41, 5.74) is 1.77. The molecule has 4 aliphatic rings. The number of hydrogen-bond acceptors (Lipinski definition) is 3. The largest absolute Gasteiger partial charge is 0.460 e. The van der Waals surface area contributed by atoms with Crippen LogP contribution in [0.4, 0.5) is 0 Å². The zero-order valence-electron chi connectivity index (χ0n) is 13.6. The first-order valence-electron chi connectivity index (χ1n) is 9.19. The number of ether oxygens (including phenoxy) is 2. The second kappa shape index (κ2) is 5.75. The Morgan fingerprint density at radius 3 is 2.19 bits per heavy atom. The van der Waals surface area contributed by atoms with Gasteiger partial charge < -0.3 is 13.6 Å². The molecular formula is C16H30O3Si2. The quantitative estimate of drug-likeness (QED) is 0.555. The third-order valence-corrected chi connectivity index (χ3v) is 15.2. The molecule has 0 N–H and O–H groups in total. The highest BCUT2D eigenvalue weighted by Gasteiger charge is 2.51. The summed E-state index contributed by atoms with van der Waals surface area (Å²) in [6.07, 6.45) is 10.5. The molecule has 2 saturated heterocycles. The first kappa shape index (κ1) is 14.9. The van der Waals surface area contributed by atoms with Crippen LogP contribution in [0.2, 0.25) is 23.2 Å². The summed E-state index contributed by atoms with van der Waals surface area (Å²) in [6, 6.07) is 2.63. The lowest BCUT2D eigenvalue weighted by Crippen LogP contribution is -2.45. The van der Waals surface area contributed by atoms with Crippen molar-refractivity contribution < 1.29 is 13.6 Å². The molecule has 0 spiro atoms. The van der Waals surface area contributed by atoms with Gasteiger partial charge in [0, 0.05) is 0 Å². The standard InChI is InChI=1S/C16H30O3Si2/c1-3-21(4-2,12-6-8-14-16(10-12)18-14)19-20-11-5-7-13-15(9-11)17-13/h11-16H,3-10,20H2,1-2H3. The highest BCUT2D eigenvalue weighted by Crippen LogP contribution is 2.49. The number of epoxide rings is 2. The molecule has 2 saturated carbocycles. The van der Waals surface area contributed by atoms with Gasteiger partial charge in [0.05, 0.1) is 24.4 Å². The van der Waals surface area contributed by atoms with E-state index in [1.165, 1.54) is 50.6 Å². The van der Waals surface area contributed by atoms with Crippen molar-refractivity contribution in [2.45, 2.75) is 100.0 Å². The maximum Gasteiger partial charge on any atom is 0.181 e. The number of rotatable bonds is 6. The van der Waals surface area contributed by atoms with Crippen LogP contribution in [0, 0.1) is 0 Å². The fraction of sp³-hybridized carbons (Fsp3) is 1.00.